The molecule has 0 aliphatic heterocycles. The van der Waals surface area contributed by atoms with Crippen molar-refractivity contribution in [2.75, 3.05) is 5.73 Å². The van der Waals surface area contributed by atoms with Crippen molar-refractivity contribution in [2.45, 2.75) is 20.3 Å². The minimum Gasteiger partial charge on any atom is -0.398 e. The number of pyridine rings is 1. The Bertz CT molecular complexity index is 567. The molecule has 1 aromatic heterocycles. The van der Waals surface area contributed by atoms with E-state index < -0.39 is 0 Å². The lowest BCUT2D eigenvalue weighted by molar-refractivity contribution is 0.621. The molecule has 2 aromatic rings. The van der Waals surface area contributed by atoms with Crippen molar-refractivity contribution in [3.8, 4) is 0 Å². The molecule has 4 heteroatoms. The summed E-state index contributed by atoms with van der Waals surface area (Å²) >= 11 is 1.98. The number of halogens is 2. The van der Waals surface area contributed by atoms with Crippen molar-refractivity contribution in [1.82, 2.24) is 4.98 Å². The fourth-order valence-electron chi connectivity index (χ4n) is 1.84. The lowest BCUT2D eigenvalue weighted by Gasteiger charge is -2.09. The Balaban J connectivity index is 2.66. The van der Waals surface area contributed by atoms with Gasteiger partial charge in [0.05, 0.1) is 9.09 Å². The third-order valence-electron chi connectivity index (χ3n) is 2.57. The van der Waals surface area contributed by atoms with Crippen LogP contribution in [0.1, 0.15) is 19.5 Å². The van der Waals surface area contributed by atoms with Gasteiger partial charge in [0.15, 0.2) is 0 Å². The van der Waals surface area contributed by atoms with E-state index in [1.807, 2.05) is 28.7 Å². The van der Waals surface area contributed by atoms with Gasteiger partial charge in [0.25, 0.3) is 0 Å². The first-order chi connectivity index (χ1) is 7.99. The summed E-state index contributed by atoms with van der Waals surface area (Å²) in [6.07, 6.45) is 0.854. The number of fused-ring (bicyclic) bond motifs is 1. The van der Waals surface area contributed by atoms with Crippen LogP contribution in [0.25, 0.3) is 10.9 Å². The number of aromatic nitrogens is 1. The molecule has 2 rings (SSSR count). The average Bonchev–Trinajstić information content (AvgIpc) is 2.23. The van der Waals surface area contributed by atoms with Gasteiger partial charge in [0, 0.05) is 16.8 Å². The molecule has 2 N–H and O–H groups in total. The summed E-state index contributed by atoms with van der Waals surface area (Å²) in [7, 11) is 0. The Morgan fingerprint density at radius 3 is 2.76 bits per heavy atom. The molecule has 0 fully saturated rings. The Morgan fingerprint density at radius 2 is 2.12 bits per heavy atom. The molecule has 2 nitrogen and oxygen atoms in total. The zero-order valence-electron chi connectivity index (χ0n) is 9.80. The van der Waals surface area contributed by atoms with Crippen LogP contribution in [0.3, 0.4) is 0 Å². The van der Waals surface area contributed by atoms with Gasteiger partial charge < -0.3 is 5.73 Å². The van der Waals surface area contributed by atoms with Gasteiger partial charge in [-0.15, -0.1) is 0 Å². The monoisotopic (exact) mass is 344 g/mol. The summed E-state index contributed by atoms with van der Waals surface area (Å²) in [5, 5.41) is 0.823. The zero-order chi connectivity index (χ0) is 12.6. The highest BCUT2D eigenvalue weighted by molar-refractivity contribution is 14.1. The van der Waals surface area contributed by atoms with Gasteiger partial charge in [-0.25, -0.2) is 4.39 Å². The maximum absolute atomic E-state index is 13.5. The van der Waals surface area contributed by atoms with Crippen molar-refractivity contribution in [1.29, 1.82) is 0 Å². The lowest BCUT2D eigenvalue weighted by Crippen LogP contribution is -2.01. The van der Waals surface area contributed by atoms with Crippen LogP contribution < -0.4 is 5.73 Å². The molecule has 0 aliphatic carbocycles. The standard InChI is InChI=1S/C13H14FIN2/c1-7(2)5-8-6-11(16)9-3-4-10(14)12(15)13(9)17-8/h3-4,6-7H,5H2,1-2H3,(H2,16,17). The first kappa shape index (κ1) is 12.5. The highest BCUT2D eigenvalue weighted by atomic mass is 127. The van der Waals surface area contributed by atoms with E-state index in [0.29, 0.717) is 20.7 Å². The topological polar surface area (TPSA) is 38.9 Å². The summed E-state index contributed by atoms with van der Waals surface area (Å²) in [5.41, 5.74) is 8.25. The van der Waals surface area contributed by atoms with Gasteiger partial charge in [-0.1, -0.05) is 13.8 Å². The summed E-state index contributed by atoms with van der Waals surface area (Å²) in [6, 6.07) is 5.01. The van der Waals surface area contributed by atoms with E-state index in [9.17, 15) is 4.39 Å². The largest absolute Gasteiger partial charge is 0.398 e. The number of benzene rings is 1. The van der Waals surface area contributed by atoms with Gasteiger partial charge >= 0.3 is 0 Å². The third kappa shape index (κ3) is 2.51. The molecule has 0 atom stereocenters. The summed E-state index contributed by atoms with van der Waals surface area (Å²) in [6.45, 7) is 4.25. The molecule has 17 heavy (non-hydrogen) atoms. The molecular weight excluding hydrogens is 330 g/mol. The van der Waals surface area contributed by atoms with Crippen molar-refractivity contribution >= 4 is 39.2 Å². The van der Waals surface area contributed by atoms with E-state index in [-0.39, 0.29) is 5.82 Å². The van der Waals surface area contributed by atoms with Crippen molar-refractivity contribution in [2.24, 2.45) is 5.92 Å². The second-order valence-corrected chi connectivity index (χ2v) is 5.64. The van der Waals surface area contributed by atoms with Crippen molar-refractivity contribution < 1.29 is 4.39 Å². The SMILES string of the molecule is CC(C)Cc1cc(N)c2ccc(F)c(I)c2n1. The number of nitrogen functional groups attached to an aromatic ring is 1. The number of hydrogen-bond acceptors (Lipinski definition) is 2. The molecule has 0 spiro atoms. The Kier molecular flexibility index (Phi) is 3.51. The highest BCUT2D eigenvalue weighted by Gasteiger charge is 2.10. The van der Waals surface area contributed by atoms with E-state index in [2.05, 4.69) is 18.8 Å². The number of rotatable bonds is 2. The van der Waals surface area contributed by atoms with E-state index in [1.54, 1.807) is 6.07 Å². The second kappa shape index (κ2) is 4.76. The number of anilines is 1. The molecule has 0 amide bonds. The predicted octanol–water partition coefficient (Wildman–Crippen LogP) is 3.76. The van der Waals surface area contributed by atoms with E-state index >= 15 is 0 Å². The second-order valence-electron chi connectivity index (χ2n) is 4.56. The minimum atomic E-state index is -0.244. The highest BCUT2D eigenvalue weighted by Crippen LogP contribution is 2.27. The maximum Gasteiger partial charge on any atom is 0.138 e. The summed E-state index contributed by atoms with van der Waals surface area (Å²) < 4.78 is 14.0. The van der Waals surface area contributed by atoms with Gasteiger partial charge in [-0.05, 0) is 53.1 Å². The Labute approximate surface area is 114 Å². The van der Waals surface area contributed by atoms with Gasteiger partial charge in [-0.3, -0.25) is 4.98 Å². The Morgan fingerprint density at radius 1 is 1.41 bits per heavy atom. The quantitative estimate of drug-likeness (QED) is 0.843. The molecule has 1 aromatic carbocycles. The maximum atomic E-state index is 13.5. The van der Waals surface area contributed by atoms with Crippen LogP contribution in [-0.2, 0) is 6.42 Å². The van der Waals surface area contributed by atoms with Gasteiger partial charge in [-0.2, -0.15) is 0 Å². The predicted molar refractivity (Wildman–Crippen MR) is 77.4 cm³/mol. The fraction of sp³-hybridized carbons (Fsp3) is 0.308. The van der Waals surface area contributed by atoms with Crippen LogP contribution in [0, 0.1) is 15.3 Å². The van der Waals surface area contributed by atoms with Crippen LogP contribution in [0.2, 0.25) is 0 Å². The first-order valence-corrected chi connectivity index (χ1v) is 6.60. The smallest absolute Gasteiger partial charge is 0.138 e. The number of nitrogens with zero attached hydrogens (tertiary/aromatic N) is 1. The van der Waals surface area contributed by atoms with Crippen LogP contribution >= 0.6 is 22.6 Å². The summed E-state index contributed by atoms with van der Waals surface area (Å²) in [5.74, 6) is 0.261. The van der Waals surface area contributed by atoms with Gasteiger partial charge in [0.2, 0.25) is 0 Å². The zero-order valence-corrected chi connectivity index (χ0v) is 12.0. The first-order valence-electron chi connectivity index (χ1n) is 5.52. The minimum absolute atomic E-state index is 0.244. The fourth-order valence-corrected chi connectivity index (χ4v) is 2.43. The van der Waals surface area contributed by atoms with E-state index in [4.69, 9.17) is 5.73 Å². The lowest BCUT2D eigenvalue weighted by atomic mass is 10.1. The third-order valence-corrected chi connectivity index (χ3v) is 3.60. The van der Waals surface area contributed by atoms with E-state index in [0.717, 1.165) is 17.5 Å². The number of nitrogens with two attached hydrogens (primary N) is 1. The molecule has 0 saturated heterocycles. The van der Waals surface area contributed by atoms with Gasteiger partial charge in [0.1, 0.15) is 5.82 Å². The van der Waals surface area contributed by atoms with Crippen LogP contribution in [0.5, 0.6) is 0 Å². The van der Waals surface area contributed by atoms with Crippen LogP contribution in [-0.4, -0.2) is 4.98 Å². The molecular formula is C13H14FIN2. The molecule has 0 bridgehead atoms. The normalized spacial score (nSPS) is 11.4. The van der Waals surface area contributed by atoms with Crippen molar-refractivity contribution in [3.05, 3.63) is 33.3 Å². The van der Waals surface area contributed by atoms with Crippen molar-refractivity contribution in [3.63, 3.8) is 0 Å². The molecule has 90 valence electrons. The van der Waals surface area contributed by atoms with Crippen LogP contribution in [0.15, 0.2) is 18.2 Å². The van der Waals surface area contributed by atoms with Crippen LogP contribution in [0.4, 0.5) is 10.1 Å². The average molecular weight is 344 g/mol. The molecule has 0 radical (unpaired) electrons. The molecule has 0 unspecified atom stereocenters. The molecule has 0 aliphatic rings. The molecule has 1 heterocycles. The summed E-state index contributed by atoms with van der Waals surface area (Å²) in [4.78, 5) is 4.51. The Hall–Kier alpha value is -0.910. The molecule has 0 saturated carbocycles. The van der Waals surface area contributed by atoms with E-state index in [1.165, 1.54) is 6.07 Å². The number of hydrogen-bond donors (Lipinski definition) is 1.